The van der Waals surface area contributed by atoms with Crippen LogP contribution in [0.4, 0.5) is 0 Å². The molecule has 0 saturated heterocycles. The molecule has 3 rings (SSSR count). The van der Waals surface area contributed by atoms with Crippen molar-refractivity contribution < 1.29 is 4.79 Å². The van der Waals surface area contributed by atoms with Gasteiger partial charge in [0.1, 0.15) is 11.3 Å². The lowest BCUT2D eigenvalue weighted by Gasteiger charge is -1.98. The molecule has 0 spiro atoms. The molecule has 0 unspecified atom stereocenters. The minimum absolute atomic E-state index is 0.448. The molecule has 4 nitrogen and oxygen atoms in total. The third kappa shape index (κ3) is 1.73. The summed E-state index contributed by atoms with van der Waals surface area (Å²) in [7, 11) is 0. The van der Waals surface area contributed by atoms with E-state index in [1.165, 1.54) is 11.3 Å². The summed E-state index contributed by atoms with van der Waals surface area (Å²) in [5.74, 6) is 0. The predicted molar refractivity (Wildman–Crippen MR) is 67.1 cm³/mol. The van der Waals surface area contributed by atoms with E-state index in [0.29, 0.717) is 10.0 Å². The zero-order valence-corrected chi connectivity index (χ0v) is 10.1. The first kappa shape index (κ1) is 10.4. The van der Waals surface area contributed by atoms with Gasteiger partial charge in [-0.2, -0.15) is 0 Å². The Kier molecular flexibility index (Phi) is 2.42. The molecule has 6 heteroatoms. The van der Waals surface area contributed by atoms with Gasteiger partial charge in [-0.15, -0.1) is 0 Å². The number of carbonyl (C=O) groups excluding carboxylic acids is 1. The number of benzene rings is 1. The molecule has 0 radical (unpaired) electrons. The maximum Gasteiger partial charge on any atom is 0.178 e. The monoisotopic (exact) mass is 263 g/mol. The van der Waals surface area contributed by atoms with Gasteiger partial charge in [-0.25, -0.2) is 9.97 Å². The van der Waals surface area contributed by atoms with Gasteiger partial charge >= 0.3 is 0 Å². The molecule has 84 valence electrons. The number of rotatable bonds is 2. The number of fused-ring (bicyclic) bond motifs is 1. The van der Waals surface area contributed by atoms with Gasteiger partial charge in [-0.1, -0.05) is 22.9 Å². The molecule has 2 heterocycles. The average molecular weight is 264 g/mol. The third-order valence-electron chi connectivity index (χ3n) is 2.36. The molecule has 0 atom stereocenters. The Morgan fingerprint density at radius 3 is 3.00 bits per heavy atom. The second-order valence-electron chi connectivity index (χ2n) is 3.40. The second-order valence-corrected chi connectivity index (χ2v) is 4.88. The largest absolute Gasteiger partial charge is 0.295 e. The number of imidazole rings is 1. The Morgan fingerprint density at radius 2 is 2.24 bits per heavy atom. The van der Waals surface area contributed by atoms with E-state index in [4.69, 9.17) is 11.6 Å². The van der Waals surface area contributed by atoms with Gasteiger partial charge in [-0.3, -0.25) is 9.36 Å². The molecule has 0 aliphatic heterocycles. The van der Waals surface area contributed by atoms with Gasteiger partial charge in [0.15, 0.2) is 11.3 Å². The molecule has 0 saturated carbocycles. The SMILES string of the molecule is O=Cc1ncc(-n2cnc3ccc(Cl)cc32)s1. The molecule has 0 N–H and O–H groups in total. The van der Waals surface area contributed by atoms with E-state index in [1.54, 1.807) is 18.6 Å². The fraction of sp³-hybridized carbons (Fsp3) is 0. The highest BCUT2D eigenvalue weighted by molar-refractivity contribution is 7.15. The summed E-state index contributed by atoms with van der Waals surface area (Å²) >= 11 is 7.27. The van der Waals surface area contributed by atoms with E-state index in [1.807, 2.05) is 16.7 Å². The molecular formula is C11H6ClN3OS. The second kappa shape index (κ2) is 3.94. The van der Waals surface area contributed by atoms with Gasteiger partial charge < -0.3 is 0 Å². The van der Waals surface area contributed by atoms with E-state index in [9.17, 15) is 4.79 Å². The van der Waals surface area contributed by atoms with E-state index in [-0.39, 0.29) is 0 Å². The van der Waals surface area contributed by atoms with Crippen LogP contribution >= 0.6 is 22.9 Å². The highest BCUT2D eigenvalue weighted by atomic mass is 35.5. The minimum atomic E-state index is 0.448. The van der Waals surface area contributed by atoms with Crippen molar-refractivity contribution in [3.63, 3.8) is 0 Å². The van der Waals surface area contributed by atoms with Crippen LogP contribution in [0.3, 0.4) is 0 Å². The van der Waals surface area contributed by atoms with Crippen molar-refractivity contribution in [3.8, 4) is 5.00 Å². The maximum atomic E-state index is 10.6. The van der Waals surface area contributed by atoms with Crippen molar-refractivity contribution in [3.05, 3.63) is 40.8 Å². The first-order chi connectivity index (χ1) is 8.28. The average Bonchev–Trinajstić information content (AvgIpc) is 2.93. The zero-order chi connectivity index (χ0) is 11.8. The standard InChI is InChI=1S/C11H6ClN3OS/c12-7-1-2-8-9(3-7)15(6-14-8)11-4-13-10(5-16)17-11/h1-6H. The Bertz CT molecular complexity index is 704. The summed E-state index contributed by atoms with van der Waals surface area (Å²) in [6.07, 6.45) is 4.08. The number of aromatic nitrogens is 3. The summed E-state index contributed by atoms with van der Waals surface area (Å²) < 4.78 is 1.87. The van der Waals surface area contributed by atoms with Gasteiger partial charge in [0.2, 0.25) is 0 Å². The number of carbonyl (C=O) groups is 1. The Balaban J connectivity index is 2.22. The molecule has 1 aromatic carbocycles. The number of thiazole rings is 1. The molecular weight excluding hydrogens is 258 g/mol. The van der Waals surface area contributed by atoms with Gasteiger partial charge in [0.05, 0.1) is 17.2 Å². The van der Waals surface area contributed by atoms with Crippen molar-refractivity contribution >= 4 is 40.3 Å². The van der Waals surface area contributed by atoms with Crippen LogP contribution in [0.25, 0.3) is 16.0 Å². The molecule has 17 heavy (non-hydrogen) atoms. The van der Waals surface area contributed by atoms with Crippen molar-refractivity contribution in [1.29, 1.82) is 0 Å². The molecule has 0 fully saturated rings. The van der Waals surface area contributed by atoms with Crippen LogP contribution in [-0.4, -0.2) is 20.8 Å². The normalized spacial score (nSPS) is 10.9. The summed E-state index contributed by atoms with van der Waals surface area (Å²) in [5, 5.41) is 1.94. The van der Waals surface area contributed by atoms with Crippen molar-refractivity contribution in [1.82, 2.24) is 14.5 Å². The van der Waals surface area contributed by atoms with Gasteiger partial charge in [0.25, 0.3) is 0 Å². The van der Waals surface area contributed by atoms with Crippen LogP contribution in [0.5, 0.6) is 0 Å². The predicted octanol–water partition coefficient (Wildman–Crippen LogP) is 2.95. The van der Waals surface area contributed by atoms with Gasteiger partial charge in [0, 0.05) is 5.02 Å². The quantitative estimate of drug-likeness (QED) is 0.668. The number of hydrogen-bond donors (Lipinski definition) is 0. The van der Waals surface area contributed by atoms with Crippen LogP contribution in [0.15, 0.2) is 30.7 Å². The van der Waals surface area contributed by atoms with E-state index in [0.717, 1.165) is 22.3 Å². The molecule has 0 aliphatic rings. The fourth-order valence-corrected chi connectivity index (χ4v) is 2.48. The highest BCUT2D eigenvalue weighted by Crippen LogP contribution is 2.24. The topological polar surface area (TPSA) is 47.8 Å². The summed E-state index contributed by atoms with van der Waals surface area (Å²) in [4.78, 5) is 18.9. The van der Waals surface area contributed by atoms with Crippen LogP contribution in [0.1, 0.15) is 9.80 Å². The van der Waals surface area contributed by atoms with E-state index < -0.39 is 0 Å². The first-order valence-corrected chi connectivity index (χ1v) is 6.01. The smallest absolute Gasteiger partial charge is 0.178 e. The fourth-order valence-electron chi connectivity index (χ4n) is 1.60. The Hall–Kier alpha value is -1.72. The Morgan fingerprint density at radius 1 is 1.35 bits per heavy atom. The van der Waals surface area contributed by atoms with Gasteiger partial charge in [-0.05, 0) is 18.2 Å². The molecule has 0 aliphatic carbocycles. The molecule has 2 aromatic heterocycles. The number of aldehydes is 1. The summed E-state index contributed by atoms with van der Waals surface area (Å²) in [6, 6.07) is 5.49. The van der Waals surface area contributed by atoms with Crippen molar-refractivity contribution in [2.24, 2.45) is 0 Å². The molecule has 0 bridgehead atoms. The number of halogens is 1. The van der Waals surface area contributed by atoms with Crippen molar-refractivity contribution in [2.45, 2.75) is 0 Å². The first-order valence-electron chi connectivity index (χ1n) is 4.82. The van der Waals surface area contributed by atoms with E-state index >= 15 is 0 Å². The minimum Gasteiger partial charge on any atom is -0.295 e. The lowest BCUT2D eigenvalue weighted by Crippen LogP contribution is -1.87. The molecule has 3 aromatic rings. The van der Waals surface area contributed by atoms with Crippen LogP contribution in [0, 0.1) is 0 Å². The highest BCUT2D eigenvalue weighted by Gasteiger charge is 2.08. The summed E-state index contributed by atoms with van der Waals surface area (Å²) in [6.45, 7) is 0. The van der Waals surface area contributed by atoms with Crippen molar-refractivity contribution in [2.75, 3.05) is 0 Å². The van der Waals surface area contributed by atoms with Crippen LogP contribution in [-0.2, 0) is 0 Å². The zero-order valence-electron chi connectivity index (χ0n) is 8.50. The lowest BCUT2D eigenvalue weighted by molar-refractivity contribution is 0.112. The number of hydrogen-bond acceptors (Lipinski definition) is 4. The number of nitrogens with zero attached hydrogens (tertiary/aromatic N) is 3. The third-order valence-corrected chi connectivity index (χ3v) is 3.52. The Labute approximate surface area is 105 Å². The van der Waals surface area contributed by atoms with Crippen LogP contribution < -0.4 is 0 Å². The lowest BCUT2D eigenvalue weighted by atomic mass is 10.3. The van der Waals surface area contributed by atoms with Crippen LogP contribution in [0.2, 0.25) is 5.02 Å². The summed E-state index contributed by atoms with van der Waals surface area (Å²) in [5.41, 5.74) is 1.76. The maximum absolute atomic E-state index is 10.6. The molecule has 0 amide bonds. The van der Waals surface area contributed by atoms with E-state index in [2.05, 4.69) is 9.97 Å².